The third-order valence-corrected chi connectivity index (χ3v) is 3.50. The fourth-order valence-electron chi connectivity index (χ4n) is 1.89. The first kappa shape index (κ1) is 15.3. The second kappa shape index (κ2) is 6.28. The molecule has 1 aliphatic heterocycles. The van der Waals surface area contributed by atoms with E-state index in [0.717, 1.165) is 5.01 Å². The van der Waals surface area contributed by atoms with Crippen LogP contribution in [0, 0.1) is 0 Å². The summed E-state index contributed by atoms with van der Waals surface area (Å²) in [4.78, 5) is 12.1. The highest BCUT2D eigenvalue weighted by molar-refractivity contribution is 6.30. The summed E-state index contributed by atoms with van der Waals surface area (Å²) in [6, 6.07) is 13.2. The molecule has 1 amide bonds. The van der Waals surface area contributed by atoms with Crippen molar-refractivity contribution in [3.8, 4) is 0 Å². The van der Waals surface area contributed by atoms with Gasteiger partial charge in [0, 0.05) is 15.7 Å². The lowest BCUT2D eigenvalue weighted by molar-refractivity contribution is 0.158. The first-order chi connectivity index (χ1) is 11.0. The molecule has 0 atom stereocenters. The summed E-state index contributed by atoms with van der Waals surface area (Å²) < 4.78 is 5.11. The van der Waals surface area contributed by atoms with Crippen LogP contribution in [-0.4, -0.2) is 11.2 Å². The molecule has 0 fully saturated rings. The van der Waals surface area contributed by atoms with Gasteiger partial charge in [-0.3, -0.25) is 5.43 Å². The number of ether oxygens (including phenoxy) is 1. The maximum Gasteiger partial charge on any atom is 0.440 e. The van der Waals surface area contributed by atoms with Gasteiger partial charge in [-0.2, -0.15) is 5.01 Å². The summed E-state index contributed by atoms with van der Waals surface area (Å²) in [6.07, 6.45) is -0.707. The third kappa shape index (κ3) is 3.44. The number of nitrogens with one attached hydrogen (secondary N) is 2. The Morgan fingerprint density at radius 1 is 1.00 bits per heavy atom. The number of cyclic esters (lactones) is 1. The van der Waals surface area contributed by atoms with Crippen LogP contribution in [0.2, 0.25) is 10.0 Å². The number of anilines is 2. The maximum absolute atomic E-state index is 12.1. The van der Waals surface area contributed by atoms with E-state index >= 15 is 0 Å². The Bertz CT molecular complexity index is 761. The van der Waals surface area contributed by atoms with Crippen molar-refractivity contribution in [2.24, 2.45) is 0 Å². The number of hydrogen-bond acceptors (Lipinski definition) is 5. The number of hydrazine groups is 1. The minimum absolute atomic E-state index is 0.109. The molecule has 0 saturated carbocycles. The summed E-state index contributed by atoms with van der Waals surface area (Å²) in [5.41, 5.74) is 3.62. The number of benzene rings is 2. The van der Waals surface area contributed by atoms with E-state index in [0.29, 0.717) is 21.4 Å². The van der Waals surface area contributed by atoms with E-state index in [9.17, 15) is 9.90 Å². The van der Waals surface area contributed by atoms with E-state index in [1.165, 1.54) is 0 Å². The molecule has 0 aliphatic carbocycles. The molecule has 0 radical (unpaired) electrons. The average Bonchev–Trinajstić information content (AvgIpc) is 2.54. The van der Waals surface area contributed by atoms with E-state index in [1.54, 1.807) is 48.5 Å². The Morgan fingerprint density at radius 2 is 1.57 bits per heavy atom. The Labute approximate surface area is 141 Å². The predicted molar refractivity (Wildman–Crippen MR) is 88.3 cm³/mol. The number of amides is 1. The van der Waals surface area contributed by atoms with Crippen molar-refractivity contribution in [3.05, 3.63) is 70.3 Å². The van der Waals surface area contributed by atoms with Crippen molar-refractivity contribution in [1.82, 2.24) is 5.43 Å². The standard InChI is InChI=1S/C15H11Cl2N3O3/c16-9-1-5-11(6-2-9)18-14-13(21)19-20(15(22)23-14)12-7-3-10(17)4-8-12/h1-8,18-19,21H. The second-order valence-electron chi connectivity index (χ2n) is 4.60. The molecule has 0 aromatic heterocycles. The van der Waals surface area contributed by atoms with Crippen molar-refractivity contribution in [2.45, 2.75) is 0 Å². The van der Waals surface area contributed by atoms with Gasteiger partial charge in [-0.15, -0.1) is 0 Å². The van der Waals surface area contributed by atoms with Gasteiger partial charge >= 0.3 is 6.09 Å². The predicted octanol–water partition coefficient (Wildman–Crippen LogP) is 4.25. The lowest BCUT2D eigenvalue weighted by Crippen LogP contribution is -2.48. The van der Waals surface area contributed by atoms with E-state index in [2.05, 4.69) is 10.7 Å². The van der Waals surface area contributed by atoms with E-state index in [-0.39, 0.29) is 11.8 Å². The van der Waals surface area contributed by atoms with Crippen LogP contribution < -0.4 is 15.8 Å². The molecular formula is C15H11Cl2N3O3. The number of carbonyl (C=O) groups is 1. The van der Waals surface area contributed by atoms with Crippen molar-refractivity contribution < 1.29 is 14.6 Å². The quantitative estimate of drug-likeness (QED) is 0.770. The van der Waals surface area contributed by atoms with Crippen molar-refractivity contribution >= 4 is 40.7 Å². The number of halogens is 2. The maximum atomic E-state index is 12.1. The third-order valence-electron chi connectivity index (χ3n) is 2.99. The fraction of sp³-hybridized carbons (Fsp3) is 0. The highest BCUT2D eigenvalue weighted by atomic mass is 35.5. The summed E-state index contributed by atoms with van der Waals surface area (Å²) in [5.74, 6) is -0.447. The van der Waals surface area contributed by atoms with Crippen LogP contribution in [0.25, 0.3) is 0 Å². The highest BCUT2D eigenvalue weighted by Gasteiger charge is 2.28. The molecule has 0 spiro atoms. The molecule has 2 aromatic carbocycles. The van der Waals surface area contributed by atoms with Crippen LogP contribution >= 0.6 is 23.2 Å². The zero-order chi connectivity index (χ0) is 16.4. The van der Waals surface area contributed by atoms with Gasteiger partial charge in [0.15, 0.2) is 0 Å². The van der Waals surface area contributed by atoms with Gasteiger partial charge in [-0.05, 0) is 48.5 Å². The monoisotopic (exact) mass is 351 g/mol. The lowest BCUT2D eigenvalue weighted by atomic mass is 10.3. The van der Waals surface area contributed by atoms with Crippen LogP contribution in [0.5, 0.6) is 0 Å². The Balaban J connectivity index is 1.79. The van der Waals surface area contributed by atoms with E-state index < -0.39 is 6.09 Å². The number of rotatable bonds is 3. The topological polar surface area (TPSA) is 73.8 Å². The molecular weight excluding hydrogens is 341 g/mol. The van der Waals surface area contributed by atoms with Gasteiger partial charge in [0.25, 0.3) is 11.8 Å². The number of aliphatic hydroxyl groups is 1. The van der Waals surface area contributed by atoms with Gasteiger partial charge in [0.2, 0.25) is 0 Å². The zero-order valence-electron chi connectivity index (χ0n) is 11.6. The van der Waals surface area contributed by atoms with Crippen LogP contribution in [-0.2, 0) is 4.74 Å². The van der Waals surface area contributed by atoms with Crippen molar-refractivity contribution in [3.63, 3.8) is 0 Å². The summed E-state index contributed by atoms with van der Waals surface area (Å²) >= 11 is 11.6. The molecule has 0 bridgehead atoms. The summed E-state index contributed by atoms with van der Waals surface area (Å²) in [6.45, 7) is 0. The first-order valence-electron chi connectivity index (χ1n) is 6.53. The molecule has 0 unspecified atom stereocenters. The molecule has 6 nitrogen and oxygen atoms in total. The van der Waals surface area contributed by atoms with Gasteiger partial charge in [-0.25, -0.2) is 4.79 Å². The molecule has 8 heteroatoms. The zero-order valence-corrected chi connectivity index (χ0v) is 13.1. The second-order valence-corrected chi connectivity index (χ2v) is 5.47. The number of aliphatic hydroxyl groups excluding tert-OH is 1. The van der Waals surface area contributed by atoms with Gasteiger partial charge in [0.1, 0.15) is 0 Å². The molecule has 23 heavy (non-hydrogen) atoms. The summed E-state index contributed by atoms with van der Waals surface area (Å²) in [7, 11) is 0. The Kier molecular flexibility index (Phi) is 4.18. The van der Waals surface area contributed by atoms with Crippen LogP contribution in [0.4, 0.5) is 16.2 Å². The molecule has 3 N–H and O–H groups in total. The van der Waals surface area contributed by atoms with Crippen molar-refractivity contribution in [1.29, 1.82) is 0 Å². The fourth-order valence-corrected chi connectivity index (χ4v) is 2.14. The first-order valence-corrected chi connectivity index (χ1v) is 7.28. The molecule has 1 aliphatic rings. The number of nitrogens with zero attached hydrogens (tertiary/aromatic N) is 1. The molecule has 0 saturated heterocycles. The lowest BCUT2D eigenvalue weighted by Gasteiger charge is -2.28. The average molecular weight is 352 g/mol. The molecule has 2 aromatic rings. The summed E-state index contributed by atoms with van der Waals surface area (Å²) in [5, 5.41) is 15.0. The van der Waals surface area contributed by atoms with Gasteiger partial charge < -0.3 is 15.2 Å². The van der Waals surface area contributed by atoms with Crippen LogP contribution in [0.15, 0.2) is 60.3 Å². The minimum Gasteiger partial charge on any atom is -0.490 e. The number of carbonyl (C=O) groups excluding carboxylic acids is 1. The molecule has 3 rings (SSSR count). The Hall–Kier alpha value is -2.57. The Morgan fingerprint density at radius 3 is 2.17 bits per heavy atom. The smallest absolute Gasteiger partial charge is 0.440 e. The highest BCUT2D eigenvalue weighted by Crippen LogP contribution is 2.23. The van der Waals surface area contributed by atoms with Gasteiger partial charge in [0.05, 0.1) is 5.69 Å². The molecule has 118 valence electrons. The van der Waals surface area contributed by atoms with E-state index in [4.69, 9.17) is 27.9 Å². The van der Waals surface area contributed by atoms with Crippen LogP contribution in [0.3, 0.4) is 0 Å². The van der Waals surface area contributed by atoms with E-state index in [1.807, 2.05) is 0 Å². The van der Waals surface area contributed by atoms with Crippen molar-refractivity contribution in [2.75, 3.05) is 10.3 Å². The largest absolute Gasteiger partial charge is 0.490 e. The SMILES string of the molecule is O=C1OC(Nc2ccc(Cl)cc2)=C(O)NN1c1ccc(Cl)cc1. The normalized spacial score (nSPS) is 14.3. The minimum atomic E-state index is -0.707. The number of hydrogen-bond donors (Lipinski definition) is 3. The van der Waals surface area contributed by atoms with Gasteiger partial charge in [-0.1, -0.05) is 23.2 Å². The van der Waals surface area contributed by atoms with Crippen LogP contribution in [0.1, 0.15) is 0 Å². The molecule has 1 heterocycles.